The van der Waals surface area contributed by atoms with E-state index in [1.165, 1.54) is 0 Å². The Hall–Kier alpha value is -2.12. The Kier molecular flexibility index (Phi) is 8.49. The first-order valence-corrected chi connectivity index (χ1v) is 8.26. The first-order chi connectivity index (χ1) is 15.3. The van der Waals surface area contributed by atoms with Crippen LogP contribution in [0, 0.1) is 0 Å². The zero-order chi connectivity index (χ0) is 29.8. The SMILES string of the molecule is C=C(C)C(=O)OC(F)(F)C(F)(F)C(F)(F)C(F)(F)C(F)(F)C(F)(F)C(F)(F)CCC(F)(F)C(F)(F)F. The number of ether oxygens (including phenoxy) is 1. The lowest BCUT2D eigenvalue weighted by Crippen LogP contribution is -2.73. The van der Waals surface area contributed by atoms with E-state index in [1.807, 2.05) is 0 Å². The molecule has 0 aromatic heterocycles. The van der Waals surface area contributed by atoms with Crippen LogP contribution in [0.1, 0.15) is 19.8 Å². The van der Waals surface area contributed by atoms with Crippen LogP contribution in [-0.2, 0) is 9.53 Å². The van der Waals surface area contributed by atoms with E-state index in [-0.39, 0.29) is 0 Å². The van der Waals surface area contributed by atoms with Gasteiger partial charge in [-0.25, -0.2) is 4.79 Å². The summed E-state index contributed by atoms with van der Waals surface area (Å²) in [5.41, 5.74) is -1.31. The molecule has 0 atom stereocenters. The summed E-state index contributed by atoms with van der Waals surface area (Å²) in [7, 11) is 0. The van der Waals surface area contributed by atoms with Crippen LogP contribution < -0.4 is 0 Å². The Bertz CT molecular complexity index is 838. The van der Waals surface area contributed by atoms with Crippen molar-refractivity contribution in [3.05, 3.63) is 12.2 Å². The molecule has 0 aliphatic heterocycles. The van der Waals surface area contributed by atoms with Crippen molar-refractivity contribution in [2.24, 2.45) is 0 Å². The van der Waals surface area contributed by atoms with Gasteiger partial charge < -0.3 is 4.74 Å². The number of carbonyl (C=O) groups is 1. The number of halogens is 19. The summed E-state index contributed by atoms with van der Waals surface area (Å²) in [5.74, 6) is -58.2. The number of hydrogen-bond donors (Lipinski definition) is 0. The highest BCUT2D eigenvalue weighted by atomic mass is 19.4. The van der Waals surface area contributed by atoms with Gasteiger partial charge in [-0.2, -0.15) is 83.4 Å². The van der Waals surface area contributed by atoms with Gasteiger partial charge >= 0.3 is 59.7 Å². The largest absolute Gasteiger partial charge is 0.473 e. The number of esters is 1. The minimum atomic E-state index is -8.64. The fourth-order valence-corrected chi connectivity index (χ4v) is 1.88. The summed E-state index contributed by atoms with van der Waals surface area (Å²) < 4.78 is 252. The molecule has 0 amide bonds. The van der Waals surface area contributed by atoms with Crippen molar-refractivity contribution < 1.29 is 92.9 Å². The summed E-state index contributed by atoms with van der Waals surface area (Å²) in [6, 6.07) is 0. The van der Waals surface area contributed by atoms with Crippen molar-refractivity contribution in [3.63, 3.8) is 0 Å². The van der Waals surface area contributed by atoms with Crippen molar-refractivity contribution in [3.8, 4) is 0 Å². The maximum atomic E-state index is 13.6. The van der Waals surface area contributed by atoms with E-state index >= 15 is 0 Å². The van der Waals surface area contributed by atoms with E-state index < -0.39 is 78.1 Å². The highest BCUT2D eigenvalue weighted by Gasteiger charge is 2.93. The minimum Gasteiger partial charge on any atom is -0.393 e. The van der Waals surface area contributed by atoms with E-state index in [0.717, 1.165) is 0 Å². The van der Waals surface area contributed by atoms with Gasteiger partial charge in [-0.3, -0.25) is 0 Å². The van der Waals surface area contributed by atoms with Gasteiger partial charge in [-0.15, -0.1) is 0 Å². The average Bonchev–Trinajstić information content (AvgIpc) is 2.64. The minimum absolute atomic E-state index is 0.377. The molecular weight excluding hydrogens is 573 g/mol. The van der Waals surface area contributed by atoms with Gasteiger partial charge in [0.2, 0.25) is 0 Å². The van der Waals surface area contributed by atoms with Gasteiger partial charge in [0.25, 0.3) is 0 Å². The van der Waals surface area contributed by atoms with Crippen LogP contribution in [0.3, 0.4) is 0 Å². The predicted molar refractivity (Wildman–Crippen MR) is 75.8 cm³/mol. The lowest BCUT2D eigenvalue weighted by molar-refractivity contribution is -0.461. The monoisotopic (exact) mass is 582 g/mol. The molecule has 0 aromatic rings. The van der Waals surface area contributed by atoms with Gasteiger partial charge in [0.1, 0.15) is 0 Å². The van der Waals surface area contributed by atoms with Crippen molar-refractivity contribution in [1.29, 1.82) is 0 Å². The number of carbonyl (C=O) groups excluding carboxylic acids is 1. The second-order valence-corrected chi connectivity index (χ2v) is 6.97. The number of rotatable bonds is 11. The number of hydrogen-bond acceptors (Lipinski definition) is 2. The zero-order valence-corrected chi connectivity index (χ0v) is 16.6. The summed E-state index contributed by atoms with van der Waals surface area (Å²) >= 11 is 0. The summed E-state index contributed by atoms with van der Waals surface area (Å²) in [6.45, 7) is 2.84. The third kappa shape index (κ3) is 5.14. The van der Waals surface area contributed by atoms with Gasteiger partial charge in [0, 0.05) is 18.4 Å². The maximum absolute atomic E-state index is 13.6. The first kappa shape index (κ1) is 33.9. The second kappa shape index (κ2) is 9.02. The van der Waals surface area contributed by atoms with Crippen molar-refractivity contribution in [1.82, 2.24) is 0 Å². The molecule has 0 aliphatic carbocycles. The third-order valence-corrected chi connectivity index (χ3v) is 4.14. The van der Waals surface area contributed by atoms with E-state index in [9.17, 15) is 88.2 Å². The predicted octanol–water partition coefficient (Wildman–Crippen LogP) is 7.49. The van der Waals surface area contributed by atoms with Crippen LogP contribution in [0.25, 0.3) is 0 Å². The van der Waals surface area contributed by atoms with Crippen LogP contribution in [0.2, 0.25) is 0 Å². The first-order valence-electron chi connectivity index (χ1n) is 8.26. The molecule has 0 N–H and O–H groups in total. The third-order valence-electron chi connectivity index (χ3n) is 4.14. The molecule has 0 aliphatic rings. The fraction of sp³-hybridized carbons (Fsp3) is 0.800. The molecule has 0 saturated heterocycles. The van der Waals surface area contributed by atoms with E-state index in [1.54, 1.807) is 0 Å². The van der Waals surface area contributed by atoms with Crippen LogP contribution in [0.5, 0.6) is 0 Å². The van der Waals surface area contributed by atoms with Crippen LogP contribution in [0.4, 0.5) is 83.4 Å². The molecule has 36 heavy (non-hydrogen) atoms. The number of alkyl halides is 19. The van der Waals surface area contributed by atoms with Crippen LogP contribution >= 0.6 is 0 Å². The Labute approximate surface area is 186 Å². The molecule has 0 fully saturated rings. The highest BCUT2D eigenvalue weighted by Crippen LogP contribution is 2.63. The molecule has 21 heteroatoms. The fourth-order valence-electron chi connectivity index (χ4n) is 1.88. The Morgan fingerprint density at radius 3 is 1.19 bits per heavy atom. The Balaban J connectivity index is 6.52. The Morgan fingerprint density at radius 2 is 0.861 bits per heavy atom. The average molecular weight is 582 g/mol. The standard InChI is InChI=1S/C15H9F19O2/c1-5(2)6(35)36-15(33,34)13(28,29)12(26,27)11(24,25)10(22,23)9(20,21)7(16,17)3-4-8(18,19)14(30,31)32/h1,3-4H2,2H3. The molecular formula is C15H9F19O2. The van der Waals surface area contributed by atoms with E-state index in [4.69, 9.17) is 0 Å². The van der Waals surface area contributed by atoms with Gasteiger partial charge in [0.05, 0.1) is 0 Å². The summed E-state index contributed by atoms with van der Waals surface area (Å²) in [6.07, 6.45) is -21.3. The quantitative estimate of drug-likeness (QED) is 0.144. The molecule has 0 heterocycles. The molecule has 2 nitrogen and oxygen atoms in total. The lowest BCUT2D eigenvalue weighted by Gasteiger charge is -2.42. The van der Waals surface area contributed by atoms with Crippen LogP contribution in [-0.4, -0.2) is 59.7 Å². The molecule has 0 radical (unpaired) electrons. The van der Waals surface area contributed by atoms with E-state index in [2.05, 4.69) is 11.3 Å². The zero-order valence-electron chi connectivity index (χ0n) is 16.6. The second-order valence-electron chi connectivity index (χ2n) is 6.97. The van der Waals surface area contributed by atoms with E-state index in [0.29, 0.717) is 6.92 Å². The molecule has 0 saturated carbocycles. The van der Waals surface area contributed by atoms with Gasteiger partial charge in [0.15, 0.2) is 0 Å². The normalized spacial score (nSPS) is 15.7. The van der Waals surface area contributed by atoms with Gasteiger partial charge in [-0.1, -0.05) is 6.58 Å². The molecule has 0 rings (SSSR count). The highest BCUT2D eigenvalue weighted by molar-refractivity contribution is 5.87. The topological polar surface area (TPSA) is 26.3 Å². The summed E-state index contributed by atoms with van der Waals surface area (Å²) in [4.78, 5) is 10.8. The van der Waals surface area contributed by atoms with Crippen molar-refractivity contribution in [2.45, 2.75) is 73.5 Å². The molecule has 0 aromatic carbocycles. The molecule has 0 unspecified atom stereocenters. The van der Waals surface area contributed by atoms with Crippen LogP contribution in [0.15, 0.2) is 12.2 Å². The van der Waals surface area contributed by atoms with Crippen molar-refractivity contribution in [2.75, 3.05) is 0 Å². The van der Waals surface area contributed by atoms with Crippen molar-refractivity contribution >= 4 is 5.97 Å². The molecule has 214 valence electrons. The molecule has 0 bridgehead atoms. The summed E-state index contributed by atoms with van der Waals surface area (Å²) in [5, 5.41) is 0. The lowest BCUT2D eigenvalue weighted by atomic mass is 9.89. The molecule has 0 spiro atoms. The smallest absolute Gasteiger partial charge is 0.393 e. The maximum Gasteiger partial charge on any atom is 0.473 e. The Morgan fingerprint density at radius 1 is 0.556 bits per heavy atom. The van der Waals surface area contributed by atoms with Gasteiger partial charge in [-0.05, 0) is 6.92 Å².